The molecule has 4 unspecified atom stereocenters. The van der Waals surface area contributed by atoms with E-state index in [1.165, 1.54) is 0 Å². The summed E-state index contributed by atoms with van der Waals surface area (Å²) in [6.45, 7) is 6.95. The van der Waals surface area contributed by atoms with Crippen LogP contribution in [0.2, 0.25) is 0 Å². The molecule has 2 saturated heterocycles. The van der Waals surface area contributed by atoms with Gasteiger partial charge in [-0.05, 0) is 20.3 Å². The molecule has 2 heterocycles. The van der Waals surface area contributed by atoms with Crippen LogP contribution in [-0.4, -0.2) is 69.4 Å². The average Bonchev–Trinajstić information content (AvgIpc) is 2.85. The van der Waals surface area contributed by atoms with Gasteiger partial charge in [0.1, 0.15) is 6.04 Å². The Morgan fingerprint density at radius 1 is 1.38 bits per heavy atom. The van der Waals surface area contributed by atoms with Gasteiger partial charge < -0.3 is 14.7 Å². The van der Waals surface area contributed by atoms with Gasteiger partial charge in [-0.1, -0.05) is 13.3 Å². The fourth-order valence-electron chi connectivity index (χ4n) is 2.80. The second-order valence-electron chi connectivity index (χ2n) is 5.77. The van der Waals surface area contributed by atoms with E-state index in [4.69, 9.17) is 4.74 Å². The molecule has 4 atom stereocenters. The van der Waals surface area contributed by atoms with Crippen LogP contribution < -0.4 is 0 Å². The van der Waals surface area contributed by atoms with Gasteiger partial charge in [-0.15, -0.1) is 11.8 Å². The van der Waals surface area contributed by atoms with Crippen LogP contribution in [0.4, 0.5) is 4.79 Å². The highest BCUT2D eigenvalue weighted by atomic mass is 32.2. The van der Waals surface area contributed by atoms with Gasteiger partial charge in [0.2, 0.25) is 0 Å². The van der Waals surface area contributed by atoms with Crippen LogP contribution in [0.3, 0.4) is 0 Å². The zero-order valence-corrected chi connectivity index (χ0v) is 13.6. The Labute approximate surface area is 129 Å². The minimum absolute atomic E-state index is 0.00620. The first-order valence-corrected chi connectivity index (χ1v) is 8.55. The third-order valence-corrected chi connectivity index (χ3v) is 5.34. The number of morpholine rings is 1. The number of nitrogens with zero attached hydrogens (tertiary/aromatic N) is 2. The zero-order valence-electron chi connectivity index (χ0n) is 12.8. The monoisotopic (exact) mass is 316 g/mol. The second kappa shape index (κ2) is 6.87. The van der Waals surface area contributed by atoms with E-state index in [0.717, 1.165) is 12.8 Å². The molecule has 2 rings (SSSR count). The number of carboxylic acids is 1. The van der Waals surface area contributed by atoms with Crippen molar-refractivity contribution < 1.29 is 19.4 Å². The van der Waals surface area contributed by atoms with E-state index in [-0.39, 0.29) is 23.6 Å². The van der Waals surface area contributed by atoms with E-state index in [9.17, 15) is 14.7 Å². The maximum Gasteiger partial charge on any atom is 0.327 e. The molecule has 0 aromatic rings. The maximum absolute atomic E-state index is 12.9. The lowest BCUT2D eigenvalue weighted by molar-refractivity contribution is -0.141. The number of carboxylic acid groups (broad SMARTS) is 1. The van der Waals surface area contributed by atoms with Crippen molar-refractivity contribution in [2.24, 2.45) is 0 Å². The summed E-state index contributed by atoms with van der Waals surface area (Å²) >= 11 is 1.57. The summed E-state index contributed by atoms with van der Waals surface area (Å²) in [6, 6.07) is -0.895. The van der Waals surface area contributed by atoms with Crippen molar-refractivity contribution in [2.45, 2.75) is 57.2 Å². The molecule has 7 heteroatoms. The summed E-state index contributed by atoms with van der Waals surface area (Å²) in [5.41, 5.74) is 0. The Morgan fingerprint density at radius 2 is 2.10 bits per heavy atom. The molecule has 6 nitrogen and oxygen atoms in total. The summed E-state index contributed by atoms with van der Waals surface area (Å²) in [5, 5.41) is 9.35. The van der Waals surface area contributed by atoms with Crippen LogP contribution in [-0.2, 0) is 9.53 Å². The van der Waals surface area contributed by atoms with Crippen LogP contribution in [0.1, 0.15) is 33.6 Å². The predicted molar refractivity (Wildman–Crippen MR) is 81.4 cm³/mol. The van der Waals surface area contributed by atoms with Crippen molar-refractivity contribution in [3.63, 3.8) is 0 Å². The third kappa shape index (κ3) is 3.45. The largest absolute Gasteiger partial charge is 0.480 e. The van der Waals surface area contributed by atoms with Crippen molar-refractivity contribution in [3.8, 4) is 0 Å². The van der Waals surface area contributed by atoms with Crippen LogP contribution in [0.15, 0.2) is 0 Å². The minimum Gasteiger partial charge on any atom is -0.480 e. The van der Waals surface area contributed by atoms with Crippen LogP contribution in [0.5, 0.6) is 0 Å². The van der Waals surface area contributed by atoms with E-state index < -0.39 is 12.0 Å². The van der Waals surface area contributed by atoms with E-state index in [2.05, 4.69) is 6.92 Å². The highest BCUT2D eigenvalue weighted by Gasteiger charge is 2.44. The lowest BCUT2D eigenvalue weighted by Gasteiger charge is -2.41. The minimum atomic E-state index is -0.914. The average molecular weight is 316 g/mol. The molecule has 120 valence electrons. The molecule has 0 radical (unpaired) electrons. The van der Waals surface area contributed by atoms with Gasteiger partial charge in [0.05, 0.1) is 24.1 Å². The molecule has 2 aliphatic rings. The molecular weight excluding hydrogens is 292 g/mol. The molecule has 0 saturated carbocycles. The Bertz CT molecular complexity index is 406. The van der Waals surface area contributed by atoms with Crippen molar-refractivity contribution in [1.29, 1.82) is 0 Å². The number of hydrogen-bond donors (Lipinski definition) is 1. The number of ether oxygens (including phenoxy) is 1. The summed E-state index contributed by atoms with van der Waals surface area (Å²) in [6.07, 6.45) is 1.76. The normalized spacial score (nSPS) is 33.3. The Morgan fingerprint density at radius 3 is 2.71 bits per heavy atom. The van der Waals surface area contributed by atoms with Crippen molar-refractivity contribution in [1.82, 2.24) is 9.80 Å². The number of carbonyl (C=O) groups excluding carboxylic acids is 1. The van der Waals surface area contributed by atoms with E-state index in [0.29, 0.717) is 18.9 Å². The van der Waals surface area contributed by atoms with Gasteiger partial charge >= 0.3 is 12.0 Å². The third-order valence-electron chi connectivity index (χ3n) is 3.99. The first-order chi connectivity index (χ1) is 9.95. The lowest BCUT2D eigenvalue weighted by atomic mass is 10.2. The number of rotatable bonds is 3. The highest BCUT2D eigenvalue weighted by molar-refractivity contribution is 8.00. The van der Waals surface area contributed by atoms with Gasteiger partial charge in [0.15, 0.2) is 0 Å². The first-order valence-electron chi connectivity index (χ1n) is 7.50. The molecule has 2 amide bonds. The smallest absolute Gasteiger partial charge is 0.327 e. The zero-order chi connectivity index (χ0) is 15.6. The number of urea groups is 1. The Hall–Kier alpha value is -0.950. The number of hydrogen-bond acceptors (Lipinski definition) is 4. The molecule has 0 bridgehead atoms. The summed E-state index contributed by atoms with van der Waals surface area (Å²) in [7, 11) is 0. The van der Waals surface area contributed by atoms with Gasteiger partial charge in [0, 0.05) is 12.3 Å². The molecule has 0 spiro atoms. The molecule has 0 aromatic carbocycles. The number of amides is 2. The molecular formula is C14H24N2O4S. The Kier molecular flexibility index (Phi) is 5.37. The fourth-order valence-corrected chi connectivity index (χ4v) is 4.31. The molecule has 1 N–H and O–H groups in total. The van der Waals surface area contributed by atoms with Gasteiger partial charge in [0.25, 0.3) is 0 Å². The lowest BCUT2D eigenvalue weighted by Crippen LogP contribution is -2.58. The van der Waals surface area contributed by atoms with Gasteiger partial charge in [-0.3, -0.25) is 4.90 Å². The standard InChI is InChI=1S/C14H24N2O4S/c1-4-5-12-16(11(8-21-12)13(17)18)14(19)15-6-10(3)20-7-9(15)2/h9-12H,4-8H2,1-3H3,(H,17,18). The summed E-state index contributed by atoms with van der Waals surface area (Å²) in [4.78, 5) is 27.7. The van der Waals surface area contributed by atoms with E-state index in [1.54, 1.807) is 21.6 Å². The van der Waals surface area contributed by atoms with Crippen molar-refractivity contribution in [3.05, 3.63) is 0 Å². The molecule has 21 heavy (non-hydrogen) atoms. The Balaban J connectivity index is 2.17. The van der Waals surface area contributed by atoms with E-state index in [1.807, 2.05) is 13.8 Å². The van der Waals surface area contributed by atoms with Gasteiger partial charge in [-0.2, -0.15) is 0 Å². The van der Waals surface area contributed by atoms with Crippen LogP contribution in [0.25, 0.3) is 0 Å². The van der Waals surface area contributed by atoms with Crippen LogP contribution >= 0.6 is 11.8 Å². The first kappa shape index (κ1) is 16.4. The summed E-state index contributed by atoms with van der Waals surface area (Å²) < 4.78 is 5.55. The second-order valence-corrected chi connectivity index (χ2v) is 6.98. The molecule has 0 aliphatic carbocycles. The highest BCUT2D eigenvalue weighted by Crippen LogP contribution is 2.34. The quantitative estimate of drug-likeness (QED) is 0.860. The molecule has 0 aromatic heterocycles. The molecule has 2 fully saturated rings. The van der Waals surface area contributed by atoms with Gasteiger partial charge in [-0.25, -0.2) is 9.59 Å². The predicted octanol–water partition coefficient (Wildman–Crippen LogP) is 1.84. The number of carbonyl (C=O) groups is 2. The topological polar surface area (TPSA) is 70.1 Å². The maximum atomic E-state index is 12.9. The number of thioether (sulfide) groups is 1. The van der Waals surface area contributed by atoms with Crippen LogP contribution in [0, 0.1) is 0 Å². The van der Waals surface area contributed by atoms with Crippen molar-refractivity contribution in [2.75, 3.05) is 18.9 Å². The van der Waals surface area contributed by atoms with E-state index >= 15 is 0 Å². The number of aliphatic carboxylic acids is 1. The fraction of sp³-hybridized carbons (Fsp3) is 0.857. The SMILES string of the molecule is CCCC1SCC(C(=O)O)N1C(=O)N1CC(C)OCC1C. The molecule has 2 aliphatic heterocycles. The van der Waals surface area contributed by atoms with Crippen molar-refractivity contribution >= 4 is 23.8 Å². The summed E-state index contributed by atoms with van der Waals surface area (Å²) in [5.74, 6) is -0.441.